The summed E-state index contributed by atoms with van der Waals surface area (Å²) in [6.45, 7) is 8.94. The van der Waals surface area contributed by atoms with Crippen LogP contribution in [0.4, 0.5) is 0 Å². The highest BCUT2D eigenvalue weighted by atomic mass is 32.1. The number of hydrogen-bond acceptors (Lipinski definition) is 3. The van der Waals surface area contributed by atoms with E-state index in [4.69, 9.17) is 0 Å². The lowest BCUT2D eigenvalue weighted by Crippen LogP contribution is -2.26. The second-order valence-electron chi connectivity index (χ2n) is 6.29. The summed E-state index contributed by atoms with van der Waals surface area (Å²) in [5.74, 6) is -0.185. The van der Waals surface area contributed by atoms with E-state index in [-0.39, 0.29) is 11.5 Å². The number of fused-ring (bicyclic) bond motifs is 1. The predicted octanol–water partition coefficient (Wildman–Crippen LogP) is 3.94. The topological polar surface area (TPSA) is 51.1 Å². The fourth-order valence-electron chi connectivity index (χ4n) is 3.04. The molecular weight excluding hydrogens is 332 g/mol. The van der Waals surface area contributed by atoms with Crippen molar-refractivity contribution >= 4 is 27.3 Å². The highest BCUT2D eigenvalue weighted by Crippen LogP contribution is 2.28. The normalized spacial score (nSPS) is 11.0. The van der Waals surface area contributed by atoms with Crippen molar-refractivity contribution in [3.63, 3.8) is 0 Å². The zero-order valence-corrected chi connectivity index (χ0v) is 15.8. The summed E-state index contributed by atoms with van der Waals surface area (Å²) >= 11 is 1.49. The van der Waals surface area contributed by atoms with E-state index in [1.54, 1.807) is 10.8 Å². The average Bonchev–Trinajstić information content (AvgIpc) is 2.92. The molecule has 2 aromatic heterocycles. The van der Waals surface area contributed by atoms with E-state index >= 15 is 0 Å². The van der Waals surface area contributed by atoms with Crippen LogP contribution in [0.5, 0.6) is 0 Å². The van der Waals surface area contributed by atoms with Crippen LogP contribution in [0.25, 0.3) is 10.1 Å². The molecule has 1 amide bonds. The standard InChI is InChI=1S/C20H22N2O2S/c1-5-22-9-8-16-18(20(22)24)17(14(4)25-16)19(23)21-11-15-10-12(2)6-7-13(15)3/h6-10H,5,11H2,1-4H3,(H,21,23). The van der Waals surface area contributed by atoms with E-state index in [1.807, 2.05) is 33.8 Å². The molecule has 4 nitrogen and oxygen atoms in total. The molecule has 0 unspecified atom stereocenters. The van der Waals surface area contributed by atoms with E-state index in [9.17, 15) is 9.59 Å². The quantitative estimate of drug-likeness (QED) is 0.771. The Labute approximate surface area is 151 Å². The van der Waals surface area contributed by atoms with Gasteiger partial charge in [-0.2, -0.15) is 0 Å². The molecule has 1 N–H and O–H groups in total. The van der Waals surface area contributed by atoms with Crippen LogP contribution < -0.4 is 10.9 Å². The minimum atomic E-state index is -0.185. The molecule has 0 bridgehead atoms. The third-order valence-corrected chi connectivity index (χ3v) is 5.57. The van der Waals surface area contributed by atoms with Gasteiger partial charge in [0, 0.05) is 28.9 Å². The van der Waals surface area contributed by atoms with Crippen molar-refractivity contribution in [1.29, 1.82) is 0 Å². The van der Waals surface area contributed by atoms with Gasteiger partial charge in [0.25, 0.3) is 11.5 Å². The Morgan fingerprint density at radius 2 is 1.96 bits per heavy atom. The lowest BCUT2D eigenvalue weighted by Gasteiger charge is -2.09. The zero-order valence-electron chi connectivity index (χ0n) is 15.0. The number of rotatable bonds is 4. The van der Waals surface area contributed by atoms with Crippen molar-refractivity contribution in [3.05, 3.63) is 67.9 Å². The number of benzene rings is 1. The number of carbonyl (C=O) groups is 1. The van der Waals surface area contributed by atoms with Gasteiger partial charge in [-0.15, -0.1) is 11.3 Å². The summed E-state index contributed by atoms with van der Waals surface area (Å²) in [4.78, 5) is 26.3. The number of nitrogens with one attached hydrogen (secondary N) is 1. The summed E-state index contributed by atoms with van der Waals surface area (Å²) in [6, 6.07) is 8.12. The van der Waals surface area contributed by atoms with Gasteiger partial charge in [-0.1, -0.05) is 23.8 Å². The first-order chi connectivity index (χ1) is 11.9. The van der Waals surface area contributed by atoms with Crippen LogP contribution in [0.1, 0.15) is 38.8 Å². The third kappa shape index (κ3) is 3.24. The van der Waals surface area contributed by atoms with Crippen LogP contribution in [0.15, 0.2) is 35.3 Å². The lowest BCUT2D eigenvalue weighted by atomic mass is 10.1. The van der Waals surface area contributed by atoms with Gasteiger partial charge in [0.1, 0.15) is 0 Å². The van der Waals surface area contributed by atoms with Gasteiger partial charge in [0.15, 0.2) is 0 Å². The fraction of sp³-hybridized carbons (Fsp3) is 0.300. The van der Waals surface area contributed by atoms with Crippen molar-refractivity contribution in [2.45, 2.75) is 40.8 Å². The van der Waals surface area contributed by atoms with Crippen molar-refractivity contribution in [3.8, 4) is 0 Å². The van der Waals surface area contributed by atoms with E-state index < -0.39 is 0 Å². The summed E-state index contributed by atoms with van der Waals surface area (Å²) in [5.41, 5.74) is 3.82. The van der Waals surface area contributed by atoms with Gasteiger partial charge in [0.2, 0.25) is 0 Å². The van der Waals surface area contributed by atoms with E-state index in [0.717, 1.165) is 26.3 Å². The van der Waals surface area contributed by atoms with Crippen LogP contribution >= 0.6 is 11.3 Å². The molecule has 0 saturated carbocycles. The predicted molar refractivity (Wildman–Crippen MR) is 104 cm³/mol. The van der Waals surface area contributed by atoms with E-state index in [2.05, 4.69) is 23.5 Å². The van der Waals surface area contributed by atoms with E-state index in [0.29, 0.717) is 24.0 Å². The van der Waals surface area contributed by atoms with Crippen LogP contribution in [-0.2, 0) is 13.1 Å². The van der Waals surface area contributed by atoms with Crippen molar-refractivity contribution in [1.82, 2.24) is 9.88 Å². The zero-order chi connectivity index (χ0) is 18.1. The Hall–Kier alpha value is -2.40. The minimum absolute atomic E-state index is 0.0961. The number of hydrogen-bond donors (Lipinski definition) is 1. The number of aromatic nitrogens is 1. The van der Waals surface area contributed by atoms with Gasteiger partial charge < -0.3 is 9.88 Å². The van der Waals surface area contributed by atoms with Crippen LogP contribution in [0.2, 0.25) is 0 Å². The molecule has 0 aliphatic rings. The molecule has 3 aromatic rings. The summed E-state index contributed by atoms with van der Waals surface area (Å²) in [6.07, 6.45) is 1.79. The highest BCUT2D eigenvalue weighted by molar-refractivity contribution is 7.19. The number of pyridine rings is 1. The molecule has 0 spiro atoms. The molecule has 25 heavy (non-hydrogen) atoms. The average molecular weight is 354 g/mol. The number of aryl methyl sites for hydroxylation is 4. The Morgan fingerprint density at radius 1 is 1.20 bits per heavy atom. The first-order valence-corrected chi connectivity index (χ1v) is 9.21. The van der Waals surface area contributed by atoms with Crippen LogP contribution in [0, 0.1) is 20.8 Å². The Kier molecular flexibility index (Phi) is 4.77. The van der Waals surface area contributed by atoms with Gasteiger partial charge in [0.05, 0.1) is 10.9 Å². The smallest absolute Gasteiger partial charge is 0.260 e. The monoisotopic (exact) mass is 354 g/mol. The second-order valence-corrected chi connectivity index (χ2v) is 7.55. The maximum atomic E-state index is 12.8. The summed E-state index contributed by atoms with van der Waals surface area (Å²) < 4.78 is 2.50. The van der Waals surface area contributed by atoms with E-state index in [1.165, 1.54) is 11.3 Å². The minimum Gasteiger partial charge on any atom is -0.348 e. The van der Waals surface area contributed by atoms with Crippen molar-refractivity contribution in [2.24, 2.45) is 0 Å². The highest BCUT2D eigenvalue weighted by Gasteiger charge is 2.19. The number of amides is 1. The Bertz CT molecular complexity index is 1010. The molecule has 0 atom stereocenters. The molecule has 5 heteroatoms. The third-order valence-electron chi connectivity index (χ3n) is 4.50. The van der Waals surface area contributed by atoms with Gasteiger partial charge in [-0.05, 0) is 44.9 Å². The molecular formula is C20H22N2O2S. The Morgan fingerprint density at radius 3 is 2.68 bits per heavy atom. The molecule has 1 aromatic carbocycles. The molecule has 0 aliphatic heterocycles. The van der Waals surface area contributed by atoms with Crippen LogP contribution in [-0.4, -0.2) is 10.5 Å². The van der Waals surface area contributed by atoms with Gasteiger partial charge >= 0.3 is 0 Å². The molecule has 130 valence electrons. The maximum Gasteiger partial charge on any atom is 0.260 e. The number of carbonyl (C=O) groups excluding carboxylic acids is 1. The Balaban J connectivity index is 1.96. The van der Waals surface area contributed by atoms with Gasteiger partial charge in [-0.25, -0.2) is 0 Å². The maximum absolute atomic E-state index is 12.8. The number of thiophene rings is 1. The molecule has 0 fully saturated rings. The van der Waals surface area contributed by atoms with Crippen molar-refractivity contribution in [2.75, 3.05) is 0 Å². The molecule has 2 heterocycles. The van der Waals surface area contributed by atoms with Crippen LogP contribution in [0.3, 0.4) is 0 Å². The summed E-state index contributed by atoms with van der Waals surface area (Å²) in [7, 11) is 0. The van der Waals surface area contributed by atoms with Gasteiger partial charge in [-0.3, -0.25) is 9.59 Å². The first-order valence-electron chi connectivity index (χ1n) is 8.39. The molecule has 0 saturated heterocycles. The first kappa shape index (κ1) is 17.4. The molecule has 3 rings (SSSR count). The summed E-state index contributed by atoms with van der Waals surface area (Å²) in [5, 5.41) is 3.52. The lowest BCUT2D eigenvalue weighted by molar-refractivity contribution is 0.0952. The molecule has 0 radical (unpaired) electrons. The largest absolute Gasteiger partial charge is 0.348 e. The van der Waals surface area contributed by atoms with Crippen molar-refractivity contribution < 1.29 is 4.79 Å². The second kappa shape index (κ2) is 6.84. The number of nitrogens with zero attached hydrogens (tertiary/aromatic N) is 1. The fourth-order valence-corrected chi connectivity index (χ4v) is 4.09. The SMILES string of the molecule is CCn1ccc2sc(C)c(C(=O)NCc3cc(C)ccc3C)c2c1=O. The molecule has 0 aliphatic carbocycles.